The second-order valence-electron chi connectivity index (χ2n) is 7.78. The van der Waals surface area contributed by atoms with Crippen molar-refractivity contribution in [2.24, 2.45) is 5.92 Å². The van der Waals surface area contributed by atoms with Gasteiger partial charge in [-0.1, -0.05) is 42.0 Å². The van der Waals surface area contributed by atoms with Gasteiger partial charge in [-0.15, -0.1) is 0 Å². The summed E-state index contributed by atoms with van der Waals surface area (Å²) in [5.74, 6) is 0.735. The summed E-state index contributed by atoms with van der Waals surface area (Å²) in [7, 11) is 0. The highest BCUT2D eigenvalue weighted by Gasteiger charge is 2.25. The predicted octanol–water partition coefficient (Wildman–Crippen LogP) is 4.40. The molecule has 7 nitrogen and oxygen atoms in total. The number of anilines is 1. The number of rotatable bonds is 5. The zero-order chi connectivity index (χ0) is 21.8. The van der Waals surface area contributed by atoms with Crippen LogP contribution in [0.15, 0.2) is 54.7 Å². The van der Waals surface area contributed by atoms with E-state index < -0.39 is 6.09 Å². The Morgan fingerprint density at radius 2 is 1.90 bits per heavy atom. The molecule has 2 N–H and O–H groups in total. The molecule has 31 heavy (non-hydrogen) atoms. The number of amides is 1. The highest BCUT2D eigenvalue weighted by atomic mass is 16.4. The number of aromatic nitrogens is 2. The molecule has 1 amide bonds. The molecule has 1 atom stereocenters. The minimum Gasteiger partial charge on any atom is -0.465 e. The minimum atomic E-state index is -0.871. The Labute approximate surface area is 181 Å². The first-order valence-electron chi connectivity index (χ1n) is 10.2. The van der Waals surface area contributed by atoms with Crippen LogP contribution in [0, 0.1) is 24.2 Å². The lowest BCUT2D eigenvalue weighted by Crippen LogP contribution is -2.28. The maximum atomic E-state index is 11.1. The largest absolute Gasteiger partial charge is 0.465 e. The van der Waals surface area contributed by atoms with Gasteiger partial charge in [0.05, 0.1) is 17.3 Å². The Bertz CT molecular complexity index is 1120. The van der Waals surface area contributed by atoms with Crippen LogP contribution in [-0.4, -0.2) is 45.7 Å². The lowest BCUT2D eigenvalue weighted by molar-refractivity contribution is 0.154. The van der Waals surface area contributed by atoms with E-state index in [1.54, 1.807) is 12.1 Å². The van der Waals surface area contributed by atoms with Crippen molar-refractivity contribution in [3.8, 4) is 28.5 Å². The van der Waals surface area contributed by atoms with E-state index in [0.29, 0.717) is 31.1 Å². The number of nitrogens with zero attached hydrogens (tertiary/aromatic N) is 4. The number of carboxylic acid groups (broad SMARTS) is 1. The molecular weight excluding hydrogens is 390 g/mol. The molecule has 0 saturated carbocycles. The normalized spacial score (nSPS) is 15.5. The molecule has 156 valence electrons. The van der Waals surface area contributed by atoms with Crippen molar-refractivity contribution in [2.45, 2.75) is 13.3 Å². The lowest BCUT2D eigenvalue weighted by Gasteiger charge is -2.15. The van der Waals surface area contributed by atoms with Crippen LogP contribution < -0.4 is 5.32 Å². The molecule has 1 saturated heterocycles. The molecule has 0 unspecified atom stereocenters. The summed E-state index contributed by atoms with van der Waals surface area (Å²) in [4.78, 5) is 21.8. The SMILES string of the molecule is Cc1ccc(-c2cnc(NC[C@H]3CCN(C(=O)O)C3)nc2-c2ccc(C#N)cc2)cc1. The summed E-state index contributed by atoms with van der Waals surface area (Å²) in [5, 5.41) is 21.5. The highest BCUT2D eigenvalue weighted by Crippen LogP contribution is 2.31. The van der Waals surface area contributed by atoms with Crippen LogP contribution >= 0.6 is 0 Å². The van der Waals surface area contributed by atoms with Crippen LogP contribution in [0.3, 0.4) is 0 Å². The first-order valence-corrected chi connectivity index (χ1v) is 10.2. The molecule has 3 aromatic rings. The average Bonchev–Trinajstić information content (AvgIpc) is 3.28. The van der Waals surface area contributed by atoms with Gasteiger partial charge >= 0.3 is 6.09 Å². The van der Waals surface area contributed by atoms with Crippen molar-refractivity contribution in [1.82, 2.24) is 14.9 Å². The fourth-order valence-corrected chi connectivity index (χ4v) is 3.74. The standard InChI is InChI=1S/C24H23N5O2/c1-16-2-6-19(7-3-16)21-14-27-23(26-13-18-10-11-29(15-18)24(30)31)28-22(21)20-8-4-17(12-25)5-9-20/h2-9,14,18H,10-11,13,15H2,1H3,(H,30,31)(H,26,27,28)/t18-/m1/s1. The van der Waals surface area contributed by atoms with Crippen molar-refractivity contribution in [3.05, 3.63) is 65.9 Å². The van der Waals surface area contributed by atoms with Crippen molar-refractivity contribution < 1.29 is 9.90 Å². The first-order chi connectivity index (χ1) is 15.0. The van der Waals surface area contributed by atoms with E-state index in [2.05, 4.69) is 28.5 Å². The Morgan fingerprint density at radius 1 is 1.19 bits per heavy atom. The van der Waals surface area contributed by atoms with Gasteiger partial charge in [-0.05, 0) is 37.0 Å². The van der Waals surface area contributed by atoms with Gasteiger partial charge in [-0.25, -0.2) is 14.8 Å². The summed E-state index contributed by atoms with van der Waals surface area (Å²) in [5.41, 5.74) is 5.38. The Hall–Kier alpha value is -3.92. The number of nitriles is 1. The Balaban J connectivity index is 1.61. The van der Waals surface area contributed by atoms with E-state index in [1.807, 2.05) is 37.4 Å². The van der Waals surface area contributed by atoms with E-state index in [-0.39, 0.29) is 5.92 Å². The molecular formula is C24H23N5O2. The van der Waals surface area contributed by atoms with Gasteiger partial charge in [0, 0.05) is 37.0 Å². The van der Waals surface area contributed by atoms with Gasteiger partial charge in [0.15, 0.2) is 0 Å². The molecule has 0 aliphatic carbocycles. The molecule has 0 bridgehead atoms. The van der Waals surface area contributed by atoms with E-state index in [0.717, 1.165) is 28.8 Å². The third kappa shape index (κ3) is 4.64. The van der Waals surface area contributed by atoms with E-state index in [4.69, 9.17) is 15.4 Å². The predicted molar refractivity (Wildman–Crippen MR) is 119 cm³/mol. The molecule has 0 spiro atoms. The smallest absolute Gasteiger partial charge is 0.407 e. The lowest BCUT2D eigenvalue weighted by atomic mass is 9.99. The summed E-state index contributed by atoms with van der Waals surface area (Å²) in [6.45, 7) is 3.74. The Morgan fingerprint density at radius 3 is 2.55 bits per heavy atom. The molecule has 0 radical (unpaired) electrons. The number of nitrogens with one attached hydrogen (secondary N) is 1. The molecule has 1 fully saturated rings. The van der Waals surface area contributed by atoms with E-state index in [1.165, 1.54) is 10.5 Å². The van der Waals surface area contributed by atoms with Gasteiger partial charge < -0.3 is 15.3 Å². The third-order valence-corrected chi connectivity index (χ3v) is 5.54. The van der Waals surface area contributed by atoms with Crippen LogP contribution in [-0.2, 0) is 0 Å². The second-order valence-corrected chi connectivity index (χ2v) is 7.78. The number of likely N-dealkylation sites (tertiary alicyclic amines) is 1. The molecule has 1 aliphatic heterocycles. The number of benzene rings is 2. The van der Waals surface area contributed by atoms with E-state index in [9.17, 15) is 4.79 Å². The zero-order valence-corrected chi connectivity index (χ0v) is 17.2. The molecule has 2 aromatic carbocycles. The number of carbonyl (C=O) groups is 1. The average molecular weight is 413 g/mol. The van der Waals surface area contributed by atoms with Crippen molar-refractivity contribution >= 4 is 12.0 Å². The van der Waals surface area contributed by atoms with Gasteiger partial charge in [0.1, 0.15) is 0 Å². The van der Waals surface area contributed by atoms with Gasteiger partial charge in [0.2, 0.25) is 5.95 Å². The maximum absolute atomic E-state index is 11.1. The number of hydrogen-bond acceptors (Lipinski definition) is 5. The Kier molecular flexibility index (Phi) is 5.80. The maximum Gasteiger partial charge on any atom is 0.407 e. The summed E-state index contributed by atoms with van der Waals surface area (Å²) in [6.07, 6.45) is 1.76. The third-order valence-electron chi connectivity index (χ3n) is 5.54. The first kappa shape index (κ1) is 20.4. The quantitative estimate of drug-likeness (QED) is 0.643. The van der Waals surface area contributed by atoms with Crippen molar-refractivity contribution in [2.75, 3.05) is 25.0 Å². The van der Waals surface area contributed by atoms with Crippen LogP contribution in [0.5, 0.6) is 0 Å². The monoisotopic (exact) mass is 413 g/mol. The molecule has 2 heterocycles. The van der Waals surface area contributed by atoms with E-state index >= 15 is 0 Å². The summed E-state index contributed by atoms with van der Waals surface area (Å²) in [6, 6.07) is 17.7. The van der Waals surface area contributed by atoms with Gasteiger partial charge in [0.25, 0.3) is 0 Å². The van der Waals surface area contributed by atoms with Crippen LogP contribution in [0.4, 0.5) is 10.7 Å². The van der Waals surface area contributed by atoms with Gasteiger partial charge in [-0.2, -0.15) is 5.26 Å². The molecule has 1 aromatic heterocycles. The fourth-order valence-electron chi connectivity index (χ4n) is 3.74. The summed E-state index contributed by atoms with van der Waals surface area (Å²) < 4.78 is 0. The topological polar surface area (TPSA) is 102 Å². The molecule has 7 heteroatoms. The fraction of sp³-hybridized carbons (Fsp3) is 0.250. The minimum absolute atomic E-state index is 0.231. The molecule has 1 aliphatic rings. The van der Waals surface area contributed by atoms with Gasteiger partial charge in [-0.3, -0.25) is 0 Å². The number of aryl methyl sites for hydroxylation is 1. The van der Waals surface area contributed by atoms with Crippen molar-refractivity contribution in [3.63, 3.8) is 0 Å². The van der Waals surface area contributed by atoms with Crippen molar-refractivity contribution in [1.29, 1.82) is 5.26 Å². The second kappa shape index (κ2) is 8.84. The van der Waals surface area contributed by atoms with Crippen LogP contribution in [0.2, 0.25) is 0 Å². The number of hydrogen-bond donors (Lipinski definition) is 2. The summed E-state index contributed by atoms with van der Waals surface area (Å²) >= 11 is 0. The molecule has 4 rings (SSSR count). The highest BCUT2D eigenvalue weighted by molar-refractivity contribution is 5.81. The van der Waals surface area contributed by atoms with Crippen LogP contribution in [0.1, 0.15) is 17.5 Å². The zero-order valence-electron chi connectivity index (χ0n) is 17.2. The van der Waals surface area contributed by atoms with Crippen LogP contribution in [0.25, 0.3) is 22.4 Å².